The molecule has 0 unspecified atom stereocenters. The van der Waals surface area contributed by atoms with Gasteiger partial charge in [-0.25, -0.2) is 0 Å². The van der Waals surface area contributed by atoms with Gasteiger partial charge in [-0.15, -0.1) is 0 Å². The molecule has 0 atom stereocenters. The van der Waals surface area contributed by atoms with Gasteiger partial charge in [-0.05, 0) is 32.0 Å². The summed E-state index contributed by atoms with van der Waals surface area (Å²) in [6.07, 6.45) is 0. The van der Waals surface area contributed by atoms with Crippen molar-refractivity contribution in [3.05, 3.63) is 28.2 Å². The number of nitrogens with zero attached hydrogens (tertiary/aromatic N) is 2. The molecule has 0 radical (unpaired) electrons. The van der Waals surface area contributed by atoms with Gasteiger partial charge in [-0.1, -0.05) is 15.9 Å². The number of hydrogen-bond donors (Lipinski definition) is 0. The number of nitriles is 1. The van der Waals surface area contributed by atoms with Gasteiger partial charge in [0.2, 0.25) is 0 Å². The van der Waals surface area contributed by atoms with Crippen molar-refractivity contribution < 1.29 is 9.53 Å². The summed E-state index contributed by atoms with van der Waals surface area (Å²) in [6, 6.07) is 7.26. The normalized spacial score (nSPS) is 10.0. The molecule has 1 rings (SSSR count). The van der Waals surface area contributed by atoms with E-state index in [-0.39, 0.29) is 18.6 Å². The zero-order valence-electron chi connectivity index (χ0n) is 10.6. The van der Waals surface area contributed by atoms with E-state index in [1.165, 1.54) is 0 Å². The lowest BCUT2D eigenvalue weighted by Gasteiger charge is -2.21. The molecule has 0 saturated carbocycles. The highest BCUT2D eigenvalue weighted by Crippen LogP contribution is 2.22. The summed E-state index contributed by atoms with van der Waals surface area (Å²) in [5.74, 6) is 0.308. The first-order valence-corrected chi connectivity index (χ1v) is 6.33. The molecule has 1 aromatic carbocycles. The van der Waals surface area contributed by atoms with Crippen LogP contribution in [0, 0.1) is 11.3 Å². The number of halogens is 1. The Hall–Kier alpha value is -1.54. The number of ether oxygens (including phenoxy) is 1. The second-order valence-corrected chi connectivity index (χ2v) is 5.06. The lowest BCUT2D eigenvalue weighted by Crippen LogP contribution is -2.36. The predicted octanol–water partition coefficient (Wildman–Crippen LogP) is 2.57. The minimum atomic E-state index is -0.114. The molecule has 1 amide bonds. The van der Waals surface area contributed by atoms with Gasteiger partial charge >= 0.3 is 0 Å². The molecular formula is C13H15BrN2O2. The topological polar surface area (TPSA) is 53.3 Å². The van der Waals surface area contributed by atoms with Gasteiger partial charge < -0.3 is 9.64 Å². The Morgan fingerprint density at radius 1 is 1.56 bits per heavy atom. The van der Waals surface area contributed by atoms with Crippen LogP contribution in [0.2, 0.25) is 0 Å². The second kappa shape index (κ2) is 6.41. The molecule has 0 aliphatic rings. The van der Waals surface area contributed by atoms with Crippen molar-refractivity contribution in [2.75, 3.05) is 13.7 Å². The van der Waals surface area contributed by atoms with E-state index < -0.39 is 0 Å². The number of carbonyl (C=O) groups excluding carboxylic acids is 1. The number of rotatable bonds is 4. The highest BCUT2D eigenvalue weighted by Gasteiger charge is 2.13. The number of likely N-dealkylation sites (N-methyl/N-ethyl adjacent to an activating group) is 1. The molecule has 0 aromatic heterocycles. The molecule has 0 bridgehead atoms. The summed E-state index contributed by atoms with van der Waals surface area (Å²) in [6.45, 7) is 3.79. The maximum absolute atomic E-state index is 11.7. The van der Waals surface area contributed by atoms with Gasteiger partial charge in [0.15, 0.2) is 6.61 Å². The van der Waals surface area contributed by atoms with Crippen molar-refractivity contribution in [2.45, 2.75) is 19.9 Å². The van der Waals surface area contributed by atoms with Crippen molar-refractivity contribution in [2.24, 2.45) is 0 Å². The third-order valence-electron chi connectivity index (χ3n) is 2.58. The second-order valence-electron chi connectivity index (χ2n) is 4.14. The number of benzene rings is 1. The Balaban J connectivity index is 2.70. The summed E-state index contributed by atoms with van der Waals surface area (Å²) in [7, 11) is 1.73. The van der Waals surface area contributed by atoms with E-state index in [2.05, 4.69) is 15.9 Å². The first-order valence-electron chi connectivity index (χ1n) is 5.53. The average molecular weight is 311 g/mol. The summed E-state index contributed by atoms with van der Waals surface area (Å²) in [5, 5.41) is 8.96. The van der Waals surface area contributed by atoms with Gasteiger partial charge in [-0.2, -0.15) is 5.26 Å². The standard InChI is InChI=1S/C13H15BrN2O2/c1-9(2)16(3)13(17)8-18-12-5-4-11(14)6-10(12)7-15/h4-6,9H,8H2,1-3H3. The van der Waals surface area contributed by atoms with E-state index in [4.69, 9.17) is 10.00 Å². The minimum Gasteiger partial charge on any atom is -0.482 e. The van der Waals surface area contributed by atoms with Crippen molar-refractivity contribution in [3.63, 3.8) is 0 Å². The molecular weight excluding hydrogens is 296 g/mol. The van der Waals surface area contributed by atoms with Gasteiger partial charge in [-0.3, -0.25) is 4.79 Å². The minimum absolute atomic E-state index is 0.0645. The first-order chi connectivity index (χ1) is 8.45. The molecule has 4 nitrogen and oxygen atoms in total. The van der Waals surface area contributed by atoms with Crippen molar-refractivity contribution >= 4 is 21.8 Å². The third kappa shape index (κ3) is 3.74. The smallest absolute Gasteiger partial charge is 0.260 e. The molecule has 0 spiro atoms. The van der Waals surface area contributed by atoms with Crippen LogP contribution in [0.15, 0.2) is 22.7 Å². The van der Waals surface area contributed by atoms with Crippen LogP contribution >= 0.6 is 15.9 Å². The van der Waals surface area contributed by atoms with Crippen LogP contribution in [0.3, 0.4) is 0 Å². The molecule has 1 aromatic rings. The highest BCUT2D eigenvalue weighted by atomic mass is 79.9. The van der Waals surface area contributed by atoms with Crippen LogP contribution in [0.5, 0.6) is 5.75 Å². The average Bonchev–Trinajstić information content (AvgIpc) is 2.35. The molecule has 0 saturated heterocycles. The van der Waals surface area contributed by atoms with Crippen LogP contribution in [-0.4, -0.2) is 30.5 Å². The molecule has 0 N–H and O–H groups in total. The van der Waals surface area contributed by atoms with Crippen LogP contribution in [0.25, 0.3) is 0 Å². The fourth-order valence-electron chi connectivity index (χ4n) is 1.24. The Bertz CT molecular complexity index is 480. The van der Waals surface area contributed by atoms with E-state index in [0.29, 0.717) is 11.3 Å². The Morgan fingerprint density at radius 2 is 2.22 bits per heavy atom. The Labute approximate surface area is 115 Å². The largest absolute Gasteiger partial charge is 0.482 e. The monoisotopic (exact) mass is 310 g/mol. The van der Waals surface area contributed by atoms with Crippen molar-refractivity contribution in [3.8, 4) is 11.8 Å². The van der Waals surface area contributed by atoms with Crippen LogP contribution < -0.4 is 4.74 Å². The fourth-order valence-corrected chi connectivity index (χ4v) is 1.61. The quantitative estimate of drug-likeness (QED) is 0.859. The van der Waals surface area contributed by atoms with Gasteiger partial charge in [0, 0.05) is 17.6 Å². The van der Waals surface area contributed by atoms with Crippen LogP contribution in [0.1, 0.15) is 19.4 Å². The number of carbonyl (C=O) groups is 1. The number of amides is 1. The highest BCUT2D eigenvalue weighted by molar-refractivity contribution is 9.10. The van der Waals surface area contributed by atoms with Gasteiger partial charge in [0.25, 0.3) is 5.91 Å². The molecule has 0 aliphatic carbocycles. The van der Waals surface area contributed by atoms with Gasteiger partial charge in [0.1, 0.15) is 11.8 Å². The molecule has 0 fully saturated rings. The van der Waals surface area contributed by atoms with Crippen molar-refractivity contribution in [1.82, 2.24) is 4.90 Å². The summed E-state index contributed by atoms with van der Waals surface area (Å²) in [4.78, 5) is 13.3. The fraction of sp³-hybridized carbons (Fsp3) is 0.385. The molecule has 0 aliphatic heterocycles. The SMILES string of the molecule is CC(C)N(C)C(=O)COc1ccc(Br)cc1C#N. The maximum Gasteiger partial charge on any atom is 0.260 e. The zero-order chi connectivity index (χ0) is 13.7. The zero-order valence-corrected chi connectivity index (χ0v) is 12.2. The van der Waals surface area contributed by atoms with E-state index in [9.17, 15) is 4.79 Å². The molecule has 0 heterocycles. The van der Waals surface area contributed by atoms with Crippen LogP contribution in [0.4, 0.5) is 0 Å². The van der Waals surface area contributed by atoms with E-state index in [0.717, 1.165) is 4.47 Å². The molecule has 5 heteroatoms. The predicted molar refractivity (Wildman–Crippen MR) is 72.3 cm³/mol. The first kappa shape index (κ1) is 14.5. The summed E-state index contributed by atoms with van der Waals surface area (Å²) < 4.78 is 6.18. The lowest BCUT2D eigenvalue weighted by atomic mass is 10.2. The summed E-state index contributed by atoms with van der Waals surface area (Å²) in [5.41, 5.74) is 0.407. The van der Waals surface area contributed by atoms with E-state index in [1.54, 1.807) is 30.1 Å². The molecule has 96 valence electrons. The Morgan fingerprint density at radius 3 is 2.78 bits per heavy atom. The third-order valence-corrected chi connectivity index (χ3v) is 3.07. The van der Waals surface area contributed by atoms with E-state index >= 15 is 0 Å². The van der Waals surface area contributed by atoms with E-state index in [1.807, 2.05) is 19.9 Å². The summed E-state index contributed by atoms with van der Waals surface area (Å²) >= 11 is 3.28. The van der Waals surface area contributed by atoms with Gasteiger partial charge in [0.05, 0.1) is 5.56 Å². The molecule has 18 heavy (non-hydrogen) atoms. The maximum atomic E-state index is 11.7. The van der Waals surface area contributed by atoms with Crippen LogP contribution in [-0.2, 0) is 4.79 Å². The Kier molecular flexibility index (Phi) is 5.17. The lowest BCUT2D eigenvalue weighted by molar-refractivity contribution is -0.133. The van der Waals surface area contributed by atoms with Crippen molar-refractivity contribution in [1.29, 1.82) is 5.26 Å². The number of hydrogen-bond acceptors (Lipinski definition) is 3.